The van der Waals surface area contributed by atoms with E-state index in [1.54, 1.807) is 5.51 Å². The summed E-state index contributed by atoms with van der Waals surface area (Å²) in [6.45, 7) is 2.61. The first-order valence-electron chi connectivity index (χ1n) is 7.76. The Morgan fingerprint density at radius 2 is 2.00 bits per heavy atom. The lowest BCUT2D eigenvalue weighted by molar-refractivity contribution is 0.429. The van der Waals surface area contributed by atoms with Gasteiger partial charge in [-0.25, -0.2) is 0 Å². The van der Waals surface area contributed by atoms with Crippen LogP contribution in [0.5, 0.6) is 5.88 Å². The van der Waals surface area contributed by atoms with Crippen LogP contribution >= 0.6 is 11.3 Å². The number of nitrogens with zero attached hydrogens (tertiary/aromatic N) is 5. The van der Waals surface area contributed by atoms with E-state index in [2.05, 4.69) is 39.5 Å². The molecule has 0 fully saturated rings. The van der Waals surface area contributed by atoms with Crippen molar-refractivity contribution in [3.05, 3.63) is 65.2 Å². The molecule has 1 N–H and O–H groups in total. The monoisotopic (exact) mass is 349 g/mol. The van der Waals surface area contributed by atoms with Crippen LogP contribution in [0, 0.1) is 6.92 Å². The Kier molecular flexibility index (Phi) is 3.99. The van der Waals surface area contributed by atoms with Crippen LogP contribution in [0.4, 0.5) is 10.8 Å². The molecule has 7 heteroatoms. The minimum atomic E-state index is 0.0935. The molecule has 0 aliphatic carbocycles. The fourth-order valence-corrected chi connectivity index (χ4v) is 3.20. The van der Waals surface area contributed by atoms with Crippen molar-refractivity contribution in [1.82, 2.24) is 14.8 Å². The summed E-state index contributed by atoms with van der Waals surface area (Å²) in [6, 6.07) is 16.0. The summed E-state index contributed by atoms with van der Waals surface area (Å²) in [5.41, 5.74) is 5.24. The smallest absolute Gasteiger partial charge is 0.251 e. The molecule has 0 bridgehead atoms. The minimum absolute atomic E-state index is 0.0935. The maximum Gasteiger partial charge on any atom is 0.251 e. The van der Waals surface area contributed by atoms with Gasteiger partial charge in [0.05, 0.1) is 12.1 Å². The molecule has 25 heavy (non-hydrogen) atoms. The SMILES string of the molecule is Cc1cccc(Cn2c(O)c(N=Nc3nncs3)c3ccccc32)c1. The molecule has 4 aromatic rings. The van der Waals surface area contributed by atoms with Gasteiger partial charge in [-0.2, -0.15) is 0 Å². The first-order valence-corrected chi connectivity index (χ1v) is 8.64. The lowest BCUT2D eigenvalue weighted by Crippen LogP contribution is -1.98. The van der Waals surface area contributed by atoms with Gasteiger partial charge in [0.1, 0.15) is 5.51 Å². The number of para-hydroxylation sites is 1. The number of aromatic hydroxyl groups is 1. The van der Waals surface area contributed by atoms with Crippen LogP contribution in [0.25, 0.3) is 10.9 Å². The third-order valence-corrected chi connectivity index (χ3v) is 4.50. The van der Waals surface area contributed by atoms with E-state index < -0.39 is 0 Å². The molecule has 0 aliphatic rings. The maximum atomic E-state index is 10.7. The standard InChI is InChI=1S/C18H15N5OS/c1-12-5-4-6-13(9-12)10-23-15-8-3-2-7-14(15)16(17(23)24)20-22-18-21-19-11-25-18/h2-9,11,24H,10H2,1H3. The summed E-state index contributed by atoms with van der Waals surface area (Å²) in [6.07, 6.45) is 0. The van der Waals surface area contributed by atoms with Crippen molar-refractivity contribution in [3.63, 3.8) is 0 Å². The van der Waals surface area contributed by atoms with Crippen LogP contribution < -0.4 is 0 Å². The number of benzene rings is 2. The summed E-state index contributed by atoms with van der Waals surface area (Å²) in [7, 11) is 0. The molecule has 124 valence electrons. The summed E-state index contributed by atoms with van der Waals surface area (Å²) in [4.78, 5) is 0. The highest BCUT2D eigenvalue weighted by Gasteiger charge is 2.16. The number of azo groups is 1. The van der Waals surface area contributed by atoms with Crippen molar-refractivity contribution < 1.29 is 5.11 Å². The fourth-order valence-electron chi connectivity index (χ4n) is 2.83. The quantitative estimate of drug-likeness (QED) is 0.528. The van der Waals surface area contributed by atoms with Gasteiger partial charge >= 0.3 is 0 Å². The zero-order valence-corrected chi connectivity index (χ0v) is 14.3. The molecule has 0 saturated heterocycles. The molecule has 0 saturated carbocycles. The maximum absolute atomic E-state index is 10.7. The van der Waals surface area contributed by atoms with E-state index in [1.807, 2.05) is 41.0 Å². The molecule has 0 unspecified atom stereocenters. The zero-order chi connectivity index (χ0) is 17.2. The highest BCUT2D eigenvalue weighted by molar-refractivity contribution is 7.13. The Balaban J connectivity index is 1.81. The second-order valence-electron chi connectivity index (χ2n) is 5.69. The second kappa shape index (κ2) is 6.45. The number of rotatable bonds is 4. The number of fused-ring (bicyclic) bond motifs is 1. The molecule has 0 spiro atoms. The predicted molar refractivity (Wildman–Crippen MR) is 98.0 cm³/mol. The van der Waals surface area contributed by atoms with Crippen LogP contribution in [-0.4, -0.2) is 19.9 Å². The predicted octanol–water partition coefficient (Wildman–Crippen LogP) is 4.97. The molecule has 6 nitrogen and oxygen atoms in total. The molecule has 2 heterocycles. The van der Waals surface area contributed by atoms with Crippen molar-refractivity contribution in [3.8, 4) is 5.88 Å². The largest absolute Gasteiger partial charge is 0.493 e. The molecule has 0 amide bonds. The van der Waals surface area contributed by atoms with Gasteiger partial charge < -0.3 is 9.67 Å². The molecule has 0 radical (unpaired) electrons. The number of aromatic nitrogens is 3. The Hall–Kier alpha value is -3.06. The molecule has 2 aromatic heterocycles. The van der Waals surface area contributed by atoms with Gasteiger partial charge in [-0.05, 0) is 18.6 Å². The number of aryl methyl sites for hydroxylation is 1. The van der Waals surface area contributed by atoms with Gasteiger partial charge in [0.15, 0.2) is 5.69 Å². The number of hydrogen-bond acceptors (Lipinski definition) is 6. The van der Waals surface area contributed by atoms with Crippen LogP contribution in [0.2, 0.25) is 0 Å². The summed E-state index contributed by atoms with van der Waals surface area (Å²) in [5.74, 6) is 0.0935. The summed E-state index contributed by atoms with van der Waals surface area (Å²) >= 11 is 1.29. The average Bonchev–Trinajstić information content (AvgIpc) is 3.21. The average molecular weight is 349 g/mol. The third-order valence-electron chi connectivity index (χ3n) is 3.92. The molecule has 4 rings (SSSR count). The van der Waals surface area contributed by atoms with Crippen molar-refractivity contribution in [2.45, 2.75) is 13.5 Å². The van der Waals surface area contributed by atoms with Crippen molar-refractivity contribution in [2.75, 3.05) is 0 Å². The zero-order valence-electron chi connectivity index (χ0n) is 13.5. The first-order chi connectivity index (χ1) is 12.2. The first kappa shape index (κ1) is 15.5. The van der Waals surface area contributed by atoms with Gasteiger partial charge in [-0.15, -0.1) is 20.4 Å². The lowest BCUT2D eigenvalue weighted by Gasteiger charge is -2.08. The van der Waals surface area contributed by atoms with Crippen LogP contribution in [0.1, 0.15) is 11.1 Å². The van der Waals surface area contributed by atoms with E-state index in [-0.39, 0.29) is 5.88 Å². The van der Waals surface area contributed by atoms with Crippen molar-refractivity contribution in [2.24, 2.45) is 10.2 Å². The highest BCUT2D eigenvalue weighted by Crippen LogP contribution is 2.39. The van der Waals surface area contributed by atoms with E-state index >= 15 is 0 Å². The Bertz CT molecular complexity index is 1050. The molecular formula is C18H15N5OS. The Morgan fingerprint density at radius 3 is 2.80 bits per heavy atom. The summed E-state index contributed by atoms with van der Waals surface area (Å²) < 4.78 is 1.85. The third kappa shape index (κ3) is 3.01. The van der Waals surface area contributed by atoms with Gasteiger partial charge in [-0.1, -0.05) is 59.4 Å². The minimum Gasteiger partial charge on any atom is -0.493 e. The van der Waals surface area contributed by atoms with E-state index in [1.165, 1.54) is 16.9 Å². The van der Waals surface area contributed by atoms with Gasteiger partial charge in [-0.3, -0.25) is 0 Å². The van der Waals surface area contributed by atoms with E-state index in [0.29, 0.717) is 17.4 Å². The normalized spacial score (nSPS) is 11.6. The van der Waals surface area contributed by atoms with Crippen molar-refractivity contribution >= 4 is 33.1 Å². The van der Waals surface area contributed by atoms with Crippen molar-refractivity contribution in [1.29, 1.82) is 0 Å². The summed E-state index contributed by atoms with van der Waals surface area (Å²) in [5, 5.41) is 27.9. The van der Waals surface area contributed by atoms with Gasteiger partial charge in [0.25, 0.3) is 5.13 Å². The van der Waals surface area contributed by atoms with Gasteiger partial charge in [0.2, 0.25) is 5.88 Å². The van der Waals surface area contributed by atoms with Gasteiger partial charge in [0, 0.05) is 5.39 Å². The second-order valence-corrected chi connectivity index (χ2v) is 6.50. The van der Waals surface area contributed by atoms with E-state index in [9.17, 15) is 5.11 Å². The fraction of sp³-hybridized carbons (Fsp3) is 0.111. The Labute approximate surface area is 148 Å². The Morgan fingerprint density at radius 1 is 1.12 bits per heavy atom. The van der Waals surface area contributed by atoms with Crippen LogP contribution in [-0.2, 0) is 6.54 Å². The van der Waals surface area contributed by atoms with E-state index in [0.717, 1.165) is 16.5 Å². The highest BCUT2D eigenvalue weighted by atomic mass is 32.1. The number of hydrogen-bond donors (Lipinski definition) is 1. The van der Waals surface area contributed by atoms with Crippen LogP contribution in [0.3, 0.4) is 0 Å². The van der Waals surface area contributed by atoms with E-state index in [4.69, 9.17) is 0 Å². The van der Waals surface area contributed by atoms with Crippen LogP contribution in [0.15, 0.2) is 64.3 Å². The molecular weight excluding hydrogens is 334 g/mol. The molecule has 0 aliphatic heterocycles. The molecule has 0 atom stereocenters. The molecule has 2 aromatic carbocycles. The topological polar surface area (TPSA) is 75.7 Å². The lowest BCUT2D eigenvalue weighted by atomic mass is 10.1.